The summed E-state index contributed by atoms with van der Waals surface area (Å²) in [7, 11) is 0. The van der Waals surface area contributed by atoms with Gasteiger partial charge >= 0.3 is 0 Å². The largest absolute Gasteiger partial charge is 0.373 e. The zero-order valence-corrected chi connectivity index (χ0v) is 17.0. The van der Waals surface area contributed by atoms with Crippen molar-refractivity contribution in [3.63, 3.8) is 0 Å². The van der Waals surface area contributed by atoms with Crippen LogP contribution in [0.3, 0.4) is 0 Å². The van der Waals surface area contributed by atoms with Gasteiger partial charge in [0.1, 0.15) is 0 Å². The molecule has 1 aliphatic carbocycles. The molecule has 0 aliphatic heterocycles. The Hall–Kier alpha value is -3.26. The molecule has 0 radical (unpaired) electrons. The quantitative estimate of drug-likeness (QED) is 0.391. The molecule has 1 rings (SSSR count). The second-order valence-corrected chi connectivity index (χ2v) is 6.40. The maximum atomic E-state index is 4.28. The van der Waals surface area contributed by atoms with E-state index in [1.54, 1.807) is 24.3 Å². The van der Waals surface area contributed by atoms with E-state index in [0.717, 1.165) is 41.1 Å². The Bertz CT molecular complexity index is 794. The highest BCUT2D eigenvalue weighted by Crippen LogP contribution is 2.21. The molecule has 0 saturated heterocycles. The van der Waals surface area contributed by atoms with Crippen molar-refractivity contribution in [3.8, 4) is 0 Å². The fraction of sp³-hybridized carbons (Fsp3) is 0.154. The van der Waals surface area contributed by atoms with Crippen LogP contribution in [-0.2, 0) is 0 Å². The maximum absolute atomic E-state index is 4.28. The van der Waals surface area contributed by atoms with Gasteiger partial charge in [-0.1, -0.05) is 94.2 Å². The van der Waals surface area contributed by atoms with E-state index < -0.39 is 0 Å². The Labute approximate surface area is 170 Å². The fourth-order valence-corrected chi connectivity index (χ4v) is 2.77. The number of allylic oxidation sites excluding steroid dienone is 10. The van der Waals surface area contributed by atoms with Gasteiger partial charge in [0, 0.05) is 17.1 Å². The molecule has 0 amide bonds. The van der Waals surface area contributed by atoms with Gasteiger partial charge in [-0.3, -0.25) is 0 Å². The van der Waals surface area contributed by atoms with Gasteiger partial charge in [0.15, 0.2) is 0 Å². The standard InChI is InChI=1S/C26H32N2/c1-8-12-18-24(16-10-3)21(6)28-26(23(11-4)15-9-2)22(7)27-25-19-14-13-17-20(25)5/h8-12,14-16,18-19,26-28H,1-4,6-7,13,17H2,5H3/b18-12-,23-15+,24-16+. The smallest absolute Gasteiger partial charge is 0.0911 e. The first-order valence-corrected chi connectivity index (χ1v) is 9.33. The SMILES string of the molecule is C=C/C=C\C(=C/C=C)C(=C)NC(C(=C)NC1=C(C)CCC=C1)/C(C=C)=C/C=C. The molecule has 2 N–H and O–H groups in total. The van der Waals surface area contributed by atoms with Crippen LogP contribution in [-0.4, -0.2) is 6.04 Å². The van der Waals surface area contributed by atoms with Crippen LogP contribution in [0, 0.1) is 0 Å². The summed E-state index contributed by atoms with van der Waals surface area (Å²) in [4.78, 5) is 0. The summed E-state index contributed by atoms with van der Waals surface area (Å²) in [6.45, 7) is 25.9. The Morgan fingerprint density at radius 1 is 1.07 bits per heavy atom. The molecule has 2 nitrogen and oxygen atoms in total. The molecule has 1 atom stereocenters. The lowest BCUT2D eigenvalue weighted by Gasteiger charge is -2.27. The summed E-state index contributed by atoms with van der Waals surface area (Å²) in [5, 5.41) is 6.92. The second kappa shape index (κ2) is 12.2. The Kier molecular flexibility index (Phi) is 9.91. The topological polar surface area (TPSA) is 24.1 Å². The molecule has 146 valence electrons. The third-order valence-electron chi connectivity index (χ3n) is 4.33. The van der Waals surface area contributed by atoms with Crippen LogP contribution in [0.15, 0.2) is 134 Å². The lowest BCUT2D eigenvalue weighted by molar-refractivity contribution is 0.694. The van der Waals surface area contributed by atoms with E-state index in [4.69, 9.17) is 0 Å². The summed E-state index contributed by atoms with van der Waals surface area (Å²) < 4.78 is 0. The van der Waals surface area contributed by atoms with Crippen molar-refractivity contribution < 1.29 is 0 Å². The molecule has 28 heavy (non-hydrogen) atoms. The van der Waals surface area contributed by atoms with Crippen molar-refractivity contribution in [2.75, 3.05) is 0 Å². The van der Waals surface area contributed by atoms with Crippen molar-refractivity contribution in [1.82, 2.24) is 10.6 Å². The van der Waals surface area contributed by atoms with Crippen molar-refractivity contribution >= 4 is 0 Å². The van der Waals surface area contributed by atoms with E-state index >= 15 is 0 Å². The minimum absolute atomic E-state index is 0.232. The second-order valence-electron chi connectivity index (χ2n) is 6.40. The van der Waals surface area contributed by atoms with Crippen molar-refractivity contribution in [3.05, 3.63) is 134 Å². The van der Waals surface area contributed by atoms with E-state index in [0.29, 0.717) is 0 Å². The third kappa shape index (κ3) is 6.81. The highest BCUT2D eigenvalue weighted by molar-refractivity contribution is 5.44. The predicted octanol–water partition coefficient (Wildman–Crippen LogP) is 6.34. The van der Waals surface area contributed by atoms with E-state index in [1.807, 2.05) is 24.3 Å². The van der Waals surface area contributed by atoms with Gasteiger partial charge in [-0.25, -0.2) is 0 Å². The molecular formula is C26H32N2. The summed E-state index contributed by atoms with van der Waals surface area (Å²) in [5.74, 6) is 0. The summed E-state index contributed by atoms with van der Waals surface area (Å²) >= 11 is 0. The molecule has 0 saturated carbocycles. The molecule has 1 unspecified atom stereocenters. The summed E-state index contributed by atoms with van der Waals surface area (Å²) in [6.07, 6.45) is 21.0. The zero-order chi connectivity index (χ0) is 20.9. The van der Waals surface area contributed by atoms with Crippen LogP contribution in [0.4, 0.5) is 0 Å². The average Bonchev–Trinajstić information content (AvgIpc) is 2.69. The monoisotopic (exact) mass is 372 g/mol. The summed E-state index contributed by atoms with van der Waals surface area (Å²) in [5.41, 5.74) is 5.80. The normalized spacial score (nSPS) is 15.8. The first kappa shape index (κ1) is 22.8. The predicted molar refractivity (Wildman–Crippen MR) is 126 cm³/mol. The molecule has 0 aromatic heterocycles. The molecule has 0 heterocycles. The minimum atomic E-state index is -0.232. The molecule has 0 bridgehead atoms. The molecule has 0 spiro atoms. The van der Waals surface area contributed by atoms with Crippen LogP contribution in [0.5, 0.6) is 0 Å². The molecule has 0 aromatic rings. The van der Waals surface area contributed by atoms with Gasteiger partial charge < -0.3 is 10.6 Å². The van der Waals surface area contributed by atoms with Gasteiger partial charge in [0.25, 0.3) is 0 Å². The van der Waals surface area contributed by atoms with Crippen LogP contribution >= 0.6 is 0 Å². The van der Waals surface area contributed by atoms with Gasteiger partial charge in [0.2, 0.25) is 0 Å². The first-order valence-electron chi connectivity index (χ1n) is 9.33. The van der Waals surface area contributed by atoms with E-state index in [9.17, 15) is 0 Å². The average molecular weight is 373 g/mol. The van der Waals surface area contributed by atoms with Crippen LogP contribution in [0.25, 0.3) is 0 Å². The lowest BCUT2D eigenvalue weighted by Crippen LogP contribution is -2.37. The van der Waals surface area contributed by atoms with E-state index in [2.05, 4.69) is 69.2 Å². The molecule has 0 aromatic carbocycles. The Balaban J connectivity index is 3.18. The van der Waals surface area contributed by atoms with E-state index in [-0.39, 0.29) is 6.04 Å². The molecular weight excluding hydrogens is 340 g/mol. The molecule has 2 heteroatoms. The number of hydrogen-bond acceptors (Lipinski definition) is 2. The minimum Gasteiger partial charge on any atom is -0.373 e. The highest BCUT2D eigenvalue weighted by Gasteiger charge is 2.18. The van der Waals surface area contributed by atoms with Crippen molar-refractivity contribution in [2.24, 2.45) is 0 Å². The number of hydrogen-bond donors (Lipinski definition) is 2. The fourth-order valence-electron chi connectivity index (χ4n) is 2.77. The first-order chi connectivity index (χ1) is 13.5. The maximum Gasteiger partial charge on any atom is 0.0911 e. The third-order valence-corrected chi connectivity index (χ3v) is 4.33. The molecule has 0 fully saturated rings. The van der Waals surface area contributed by atoms with Crippen LogP contribution < -0.4 is 10.6 Å². The van der Waals surface area contributed by atoms with Crippen LogP contribution in [0.2, 0.25) is 0 Å². The van der Waals surface area contributed by atoms with Crippen molar-refractivity contribution in [1.29, 1.82) is 0 Å². The lowest BCUT2D eigenvalue weighted by atomic mass is 10.00. The van der Waals surface area contributed by atoms with Gasteiger partial charge in [-0.2, -0.15) is 0 Å². The van der Waals surface area contributed by atoms with Crippen LogP contribution in [0.1, 0.15) is 19.8 Å². The zero-order valence-electron chi connectivity index (χ0n) is 17.0. The number of nitrogens with one attached hydrogen (secondary N) is 2. The Morgan fingerprint density at radius 2 is 1.79 bits per heavy atom. The van der Waals surface area contributed by atoms with Gasteiger partial charge in [-0.05, 0) is 42.6 Å². The molecule has 1 aliphatic rings. The summed E-state index contributed by atoms with van der Waals surface area (Å²) in [6, 6.07) is -0.232. The van der Waals surface area contributed by atoms with Gasteiger partial charge in [-0.15, -0.1) is 0 Å². The van der Waals surface area contributed by atoms with Gasteiger partial charge in [0.05, 0.1) is 6.04 Å². The van der Waals surface area contributed by atoms with E-state index in [1.165, 1.54) is 5.57 Å². The highest BCUT2D eigenvalue weighted by atomic mass is 15.0. The number of rotatable bonds is 12. The van der Waals surface area contributed by atoms with Crippen molar-refractivity contribution in [2.45, 2.75) is 25.8 Å². The Morgan fingerprint density at radius 3 is 2.36 bits per heavy atom.